The third-order valence-electron chi connectivity index (χ3n) is 2.07. The quantitative estimate of drug-likeness (QED) is 0.504. The third kappa shape index (κ3) is 2.49. The fourth-order valence-corrected chi connectivity index (χ4v) is 2.11. The van der Waals surface area contributed by atoms with Crippen LogP contribution in [0, 0.1) is 5.82 Å². The van der Waals surface area contributed by atoms with Crippen LogP contribution in [0.25, 0.3) is 0 Å². The van der Waals surface area contributed by atoms with Crippen molar-refractivity contribution in [2.75, 3.05) is 5.73 Å². The van der Waals surface area contributed by atoms with Crippen molar-refractivity contribution >= 4 is 17.4 Å². The first-order chi connectivity index (χ1) is 7.77. The average Bonchev–Trinajstić information content (AvgIpc) is 2.30. The Bertz CT molecular complexity index is 456. The molecule has 0 aliphatic carbocycles. The van der Waals surface area contributed by atoms with E-state index in [1.165, 1.54) is 24.2 Å². The molecule has 0 amide bonds. The Morgan fingerprint density at radius 3 is 2.88 bits per heavy atom. The lowest BCUT2D eigenvalue weighted by Crippen LogP contribution is -1.96. The smallest absolute Gasteiger partial charge is 0.129 e. The molecule has 0 fully saturated rings. The van der Waals surface area contributed by atoms with Gasteiger partial charge in [0.25, 0.3) is 0 Å². The first-order valence-electron chi connectivity index (χ1n) is 4.69. The summed E-state index contributed by atoms with van der Waals surface area (Å²) in [7, 11) is 0. The summed E-state index contributed by atoms with van der Waals surface area (Å²) in [6.45, 7) is 0. The van der Waals surface area contributed by atoms with E-state index >= 15 is 0 Å². The number of thioether (sulfide) groups is 1. The van der Waals surface area contributed by atoms with E-state index in [2.05, 4.69) is 9.97 Å². The Hall–Kier alpha value is -1.62. The van der Waals surface area contributed by atoms with Crippen molar-refractivity contribution in [2.45, 2.75) is 10.8 Å². The molecule has 0 unspecified atom stereocenters. The minimum absolute atomic E-state index is 0.276. The summed E-state index contributed by atoms with van der Waals surface area (Å²) in [5, 5.41) is 0.803. The highest BCUT2D eigenvalue weighted by molar-refractivity contribution is 7.98. The van der Waals surface area contributed by atoms with Crippen LogP contribution in [-0.4, -0.2) is 9.97 Å². The molecule has 16 heavy (non-hydrogen) atoms. The van der Waals surface area contributed by atoms with Gasteiger partial charge in [-0.2, -0.15) is 0 Å². The van der Waals surface area contributed by atoms with Crippen LogP contribution in [-0.2, 0) is 5.75 Å². The summed E-state index contributed by atoms with van der Waals surface area (Å²) in [5.74, 6) is 0.191. The summed E-state index contributed by atoms with van der Waals surface area (Å²) in [6, 6.07) is 6.48. The molecule has 0 bridgehead atoms. The van der Waals surface area contributed by atoms with Gasteiger partial charge in [-0.3, -0.25) is 0 Å². The van der Waals surface area contributed by atoms with Crippen molar-refractivity contribution in [1.29, 1.82) is 0 Å². The molecule has 0 aliphatic heterocycles. The van der Waals surface area contributed by atoms with Crippen LogP contribution < -0.4 is 5.73 Å². The summed E-state index contributed by atoms with van der Waals surface area (Å²) in [5.41, 5.74) is 6.69. The molecule has 1 aromatic heterocycles. The number of hydrogen-bond acceptors (Lipinski definition) is 4. The minimum Gasteiger partial charge on any atom is -0.398 e. The zero-order chi connectivity index (χ0) is 11.4. The Labute approximate surface area is 96.9 Å². The lowest BCUT2D eigenvalue weighted by Gasteiger charge is -2.05. The normalized spacial score (nSPS) is 10.3. The van der Waals surface area contributed by atoms with Gasteiger partial charge in [-0.1, -0.05) is 6.07 Å². The summed E-state index contributed by atoms with van der Waals surface area (Å²) in [6.07, 6.45) is 3.12. The van der Waals surface area contributed by atoms with Gasteiger partial charge >= 0.3 is 0 Å². The van der Waals surface area contributed by atoms with Gasteiger partial charge in [0.2, 0.25) is 0 Å². The van der Waals surface area contributed by atoms with Crippen molar-refractivity contribution < 1.29 is 4.39 Å². The molecule has 0 saturated carbocycles. The maximum absolute atomic E-state index is 13.4. The Kier molecular flexibility index (Phi) is 3.36. The number of halogens is 1. The van der Waals surface area contributed by atoms with Crippen molar-refractivity contribution in [3.63, 3.8) is 0 Å². The second kappa shape index (κ2) is 4.94. The monoisotopic (exact) mass is 235 g/mol. The van der Waals surface area contributed by atoms with Crippen LogP contribution in [0.15, 0.2) is 41.8 Å². The molecule has 2 rings (SSSR count). The van der Waals surface area contributed by atoms with Crippen molar-refractivity contribution in [3.05, 3.63) is 48.2 Å². The highest BCUT2D eigenvalue weighted by Crippen LogP contribution is 2.25. The predicted octanol–water partition coefficient (Wildman–Crippen LogP) is 2.49. The topological polar surface area (TPSA) is 51.8 Å². The van der Waals surface area contributed by atoms with E-state index in [1.54, 1.807) is 24.4 Å². The molecule has 2 aromatic rings. The Morgan fingerprint density at radius 2 is 2.19 bits per heavy atom. The van der Waals surface area contributed by atoms with Crippen LogP contribution in [0.3, 0.4) is 0 Å². The van der Waals surface area contributed by atoms with Crippen molar-refractivity contribution in [2.24, 2.45) is 0 Å². The van der Waals surface area contributed by atoms with Gasteiger partial charge < -0.3 is 5.73 Å². The van der Waals surface area contributed by atoms with E-state index in [0.29, 0.717) is 17.0 Å². The van der Waals surface area contributed by atoms with Crippen molar-refractivity contribution in [1.82, 2.24) is 9.97 Å². The fraction of sp³-hybridized carbons (Fsp3) is 0.0909. The van der Waals surface area contributed by atoms with Crippen LogP contribution in [0.5, 0.6) is 0 Å². The molecule has 5 heteroatoms. The number of hydrogen-bond donors (Lipinski definition) is 1. The highest BCUT2D eigenvalue weighted by Gasteiger charge is 2.06. The molecular weight excluding hydrogens is 225 g/mol. The third-order valence-corrected chi connectivity index (χ3v) is 3.04. The molecule has 0 saturated heterocycles. The number of nitrogens with zero attached hydrogens (tertiary/aromatic N) is 2. The summed E-state index contributed by atoms with van der Waals surface area (Å²) < 4.78 is 13.4. The predicted molar refractivity (Wildman–Crippen MR) is 62.4 cm³/mol. The molecule has 0 atom stereocenters. The van der Waals surface area contributed by atoms with Crippen molar-refractivity contribution in [3.8, 4) is 0 Å². The molecule has 0 aliphatic rings. The van der Waals surface area contributed by atoms with Crippen LogP contribution in [0.2, 0.25) is 0 Å². The van der Waals surface area contributed by atoms with E-state index < -0.39 is 0 Å². The molecule has 0 radical (unpaired) electrons. The van der Waals surface area contributed by atoms with Crippen LogP contribution >= 0.6 is 11.8 Å². The zero-order valence-electron chi connectivity index (χ0n) is 8.43. The minimum atomic E-state index is -0.276. The van der Waals surface area contributed by atoms with Crippen LogP contribution in [0.1, 0.15) is 5.56 Å². The van der Waals surface area contributed by atoms with Gasteiger partial charge in [-0.05, 0) is 18.2 Å². The maximum Gasteiger partial charge on any atom is 0.129 e. The number of aromatic nitrogens is 2. The summed E-state index contributed by atoms with van der Waals surface area (Å²) in [4.78, 5) is 7.85. The molecule has 0 spiro atoms. The molecule has 3 nitrogen and oxygen atoms in total. The molecule has 1 aromatic carbocycles. The lowest BCUT2D eigenvalue weighted by molar-refractivity contribution is 0.618. The first-order valence-corrected chi connectivity index (χ1v) is 5.67. The second-order valence-corrected chi connectivity index (χ2v) is 4.14. The average molecular weight is 235 g/mol. The number of anilines is 1. The van der Waals surface area contributed by atoms with E-state index in [9.17, 15) is 4.39 Å². The molecule has 82 valence electrons. The van der Waals surface area contributed by atoms with E-state index in [0.717, 1.165) is 5.03 Å². The number of benzene rings is 1. The lowest BCUT2D eigenvalue weighted by atomic mass is 10.2. The second-order valence-electron chi connectivity index (χ2n) is 3.14. The van der Waals surface area contributed by atoms with E-state index in [4.69, 9.17) is 5.73 Å². The fourth-order valence-electron chi connectivity index (χ4n) is 1.24. The largest absolute Gasteiger partial charge is 0.398 e. The summed E-state index contributed by atoms with van der Waals surface area (Å²) >= 11 is 1.43. The molecule has 2 N–H and O–H groups in total. The molecular formula is C11H10FN3S. The van der Waals surface area contributed by atoms with E-state index in [-0.39, 0.29) is 5.82 Å². The molecule has 1 heterocycles. The Morgan fingerprint density at radius 1 is 1.31 bits per heavy atom. The number of nitrogens with two attached hydrogens (primary N) is 1. The maximum atomic E-state index is 13.4. The van der Waals surface area contributed by atoms with Gasteiger partial charge in [0.05, 0.1) is 5.03 Å². The van der Waals surface area contributed by atoms with E-state index in [1.807, 2.05) is 0 Å². The van der Waals surface area contributed by atoms with Crippen LogP contribution in [0.4, 0.5) is 10.1 Å². The van der Waals surface area contributed by atoms with Gasteiger partial charge in [-0.15, -0.1) is 11.8 Å². The van der Waals surface area contributed by atoms with Gasteiger partial charge in [0.15, 0.2) is 0 Å². The first kappa shape index (κ1) is 10.9. The van der Waals surface area contributed by atoms with Gasteiger partial charge in [0.1, 0.15) is 12.1 Å². The zero-order valence-corrected chi connectivity index (χ0v) is 9.25. The van der Waals surface area contributed by atoms with Gasteiger partial charge in [-0.25, -0.2) is 14.4 Å². The standard InChI is InChI=1S/C11H10FN3S/c12-9-2-1-3-10(13)8(9)6-16-11-4-5-14-7-15-11/h1-5,7H,6,13H2. The Balaban J connectivity index is 2.11. The highest BCUT2D eigenvalue weighted by atomic mass is 32.2. The van der Waals surface area contributed by atoms with Gasteiger partial charge in [0, 0.05) is 23.2 Å². The number of nitrogen functional groups attached to an aromatic ring is 1. The number of rotatable bonds is 3. The SMILES string of the molecule is Nc1cccc(F)c1CSc1ccncn1.